The first-order valence-electron chi connectivity index (χ1n) is 6.23. The van der Waals surface area contributed by atoms with E-state index in [0.717, 1.165) is 5.56 Å². The first kappa shape index (κ1) is 13.5. The summed E-state index contributed by atoms with van der Waals surface area (Å²) in [6.07, 6.45) is 1.75. The van der Waals surface area contributed by atoms with Crippen LogP contribution in [0.3, 0.4) is 0 Å². The highest BCUT2D eigenvalue weighted by atomic mass is 19.1. The Morgan fingerprint density at radius 3 is 2.63 bits per heavy atom. The minimum Gasteiger partial charge on any atom is -0.384 e. The van der Waals surface area contributed by atoms with E-state index in [0.29, 0.717) is 17.9 Å². The molecule has 1 atom stereocenters. The fraction of sp³-hybridized carbons (Fsp3) is 0.267. The Bertz CT molecular complexity index is 539. The summed E-state index contributed by atoms with van der Waals surface area (Å²) in [5, 5.41) is 0. The van der Waals surface area contributed by atoms with E-state index in [2.05, 4.69) is 9.88 Å². The molecule has 0 amide bonds. The zero-order valence-electron chi connectivity index (χ0n) is 11.2. The molecule has 0 spiro atoms. The minimum absolute atomic E-state index is 0.00115. The molecule has 2 N–H and O–H groups in total. The van der Waals surface area contributed by atoms with Gasteiger partial charge in [0.15, 0.2) is 0 Å². The van der Waals surface area contributed by atoms with Crippen LogP contribution in [-0.4, -0.2) is 16.9 Å². The maximum atomic E-state index is 13.7. The summed E-state index contributed by atoms with van der Waals surface area (Å²) in [7, 11) is 1.97. The van der Waals surface area contributed by atoms with Crippen molar-refractivity contribution in [3.63, 3.8) is 0 Å². The molecule has 0 saturated heterocycles. The summed E-state index contributed by atoms with van der Waals surface area (Å²) in [5.74, 6) is 0.339. The largest absolute Gasteiger partial charge is 0.384 e. The Labute approximate surface area is 112 Å². The second kappa shape index (κ2) is 5.80. The second-order valence-electron chi connectivity index (χ2n) is 4.70. The zero-order valence-corrected chi connectivity index (χ0v) is 11.2. The molecule has 4 heteroatoms. The van der Waals surface area contributed by atoms with Gasteiger partial charge < -0.3 is 5.73 Å². The van der Waals surface area contributed by atoms with Gasteiger partial charge in [-0.3, -0.25) is 4.90 Å². The van der Waals surface area contributed by atoms with Crippen LogP contribution in [0.15, 0.2) is 42.6 Å². The van der Waals surface area contributed by atoms with Gasteiger partial charge in [0, 0.05) is 24.3 Å². The standard InChI is InChI=1S/C15H18FN3/c1-11(13-5-3-4-6-14(13)16)19(2)10-12-7-8-15(17)18-9-12/h3-9,11H,10H2,1-2H3,(H2,17,18). The van der Waals surface area contributed by atoms with Crippen molar-refractivity contribution in [3.8, 4) is 0 Å². The number of nitrogens with zero attached hydrogens (tertiary/aromatic N) is 2. The van der Waals surface area contributed by atoms with Crippen LogP contribution >= 0.6 is 0 Å². The second-order valence-corrected chi connectivity index (χ2v) is 4.70. The number of rotatable bonds is 4. The van der Waals surface area contributed by atoms with Crippen LogP contribution in [0.25, 0.3) is 0 Å². The molecule has 0 bridgehead atoms. The van der Waals surface area contributed by atoms with Gasteiger partial charge in [0.05, 0.1) is 0 Å². The molecule has 1 aromatic carbocycles. The van der Waals surface area contributed by atoms with Gasteiger partial charge in [-0.15, -0.1) is 0 Å². The first-order valence-corrected chi connectivity index (χ1v) is 6.23. The minimum atomic E-state index is -0.169. The molecule has 3 nitrogen and oxygen atoms in total. The molecule has 0 aliphatic rings. The average Bonchev–Trinajstić information content (AvgIpc) is 2.41. The lowest BCUT2D eigenvalue weighted by molar-refractivity contribution is 0.247. The van der Waals surface area contributed by atoms with E-state index in [-0.39, 0.29) is 11.9 Å². The number of anilines is 1. The average molecular weight is 259 g/mol. The number of hydrogen-bond acceptors (Lipinski definition) is 3. The van der Waals surface area contributed by atoms with E-state index in [4.69, 9.17) is 5.73 Å². The van der Waals surface area contributed by atoms with E-state index in [1.807, 2.05) is 32.2 Å². The van der Waals surface area contributed by atoms with Crippen LogP contribution in [-0.2, 0) is 6.54 Å². The molecular formula is C15H18FN3. The van der Waals surface area contributed by atoms with Gasteiger partial charge in [-0.25, -0.2) is 9.37 Å². The number of nitrogens with two attached hydrogens (primary N) is 1. The highest BCUT2D eigenvalue weighted by molar-refractivity contribution is 5.29. The number of pyridine rings is 1. The van der Waals surface area contributed by atoms with Crippen LogP contribution < -0.4 is 5.73 Å². The topological polar surface area (TPSA) is 42.1 Å². The highest BCUT2D eigenvalue weighted by Gasteiger charge is 2.15. The summed E-state index contributed by atoms with van der Waals surface area (Å²) in [4.78, 5) is 6.13. The Morgan fingerprint density at radius 1 is 1.26 bits per heavy atom. The summed E-state index contributed by atoms with van der Waals surface area (Å²) >= 11 is 0. The molecule has 0 fully saturated rings. The molecule has 0 aliphatic carbocycles. The van der Waals surface area contributed by atoms with Crippen molar-refractivity contribution >= 4 is 5.82 Å². The number of benzene rings is 1. The maximum Gasteiger partial charge on any atom is 0.127 e. The van der Waals surface area contributed by atoms with Crippen LogP contribution in [0.1, 0.15) is 24.1 Å². The fourth-order valence-electron chi connectivity index (χ4n) is 2.01. The summed E-state index contributed by atoms with van der Waals surface area (Å²) in [6.45, 7) is 2.69. The van der Waals surface area contributed by atoms with Crippen molar-refractivity contribution in [3.05, 3.63) is 59.5 Å². The number of halogens is 1. The third kappa shape index (κ3) is 3.29. The number of nitrogen functional groups attached to an aromatic ring is 1. The van der Waals surface area contributed by atoms with E-state index in [9.17, 15) is 4.39 Å². The summed E-state index contributed by atoms with van der Waals surface area (Å²) in [6, 6.07) is 10.6. The van der Waals surface area contributed by atoms with Crippen molar-refractivity contribution in [2.75, 3.05) is 12.8 Å². The molecule has 1 heterocycles. The molecule has 19 heavy (non-hydrogen) atoms. The van der Waals surface area contributed by atoms with Gasteiger partial charge in [0.25, 0.3) is 0 Å². The lowest BCUT2D eigenvalue weighted by Crippen LogP contribution is -2.22. The molecule has 100 valence electrons. The molecule has 2 aromatic rings. The third-order valence-electron chi connectivity index (χ3n) is 3.30. The fourth-order valence-corrected chi connectivity index (χ4v) is 2.01. The number of hydrogen-bond donors (Lipinski definition) is 1. The molecule has 1 aromatic heterocycles. The lowest BCUT2D eigenvalue weighted by Gasteiger charge is -2.25. The molecule has 0 radical (unpaired) electrons. The van der Waals surface area contributed by atoms with Crippen LogP contribution in [0, 0.1) is 5.82 Å². The van der Waals surface area contributed by atoms with Crippen molar-refractivity contribution < 1.29 is 4.39 Å². The third-order valence-corrected chi connectivity index (χ3v) is 3.30. The predicted octanol–water partition coefficient (Wildman–Crippen LogP) is 3.00. The Kier molecular flexibility index (Phi) is 4.12. The zero-order chi connectivity index (χ0) is 13.8. The molecule has 0 saturated carbocycles. The van der Waals surface area contributed by atoms with E-state index >= 15 is 0 Å². The highest BCUT2D eigenvalue weighted by Crippen LogP contribution is 2.22. The van der Waals surface area contributed by atoms with E-state index in [1.54, 1.807) is 18.3 Å². The van der Waals surface area contributed by atoms with Crippen LogP contribution in [0.2, 0.25) is 0 Å². The lowest BCUT2D eigenvalue weighted by atomic mass is 10.1. The molecule has 1 unspecified atom stereocenters. The van der Waals surface area contributed by atoms with Crippen LogP contribution in [0.5, 0.6) is 0 Å². The maximum absolute atomic E-state index is 13.7. The first-order chi connectivity index (χ1) is 9.08. The van der Waals surface area contributed by atoms with Gasteiger partial charge >= 0.3 is 0 Å². The Hall–Kier alpha value is -1.94. The molecule has 0 aliphatic heterocycles. The molecule has 2 rings (SSSR count). The van der Waals surface area contributed by atoms with Crippen molar-refractivity contribution in [2.45, 2.75) is 19.5 Å². The Balaban J connectivity index is 2.09. The van der Waals surface area contributed by atoms with Gasteiger partial charge in [-0.2, -0.15) is 0 Å². The monoisotopic (exact) mass is 259 g/mol. The smallest absolute Gasteiger partial charge is 0.127 e. The van der Waals surface area contributed by atoms with Gasteiger partial charge in [0.2, 0.25) is 0 Å². The normalized spacial score (nSPS) is 12.6. The van der Waals surface area contributed by atoms with Crippen molar-refractivity contribution in [1.82, 2.24) is 9.88 Å². The van der Waals surface area contributed by atoms with Gasteiger partial charge in [0.1, 0.15) is 11.6 Å². The van der Waals surface area contributed by atoms with E-state index < -0.39 is 0 Å². The summed E-state index contributed by atoms with van der Waals surface area (Å²) < 4.78 is 13.7. The number of aromatic nitrogens is 1. The van der Waals surface area contributed by atoms with E-state index in [1.165, 1.54) is 6.07 Å². The van der Waals surface area contributed by atoms with Gasteiger partial charge in [-0.1, -0.05) is 24.3 Å². The van der Waals surface area contributed by atoms with Crippen molar-refractivity contribution in [2.24, 2.45) is 0 Å². The van der Waals surface area contributed by atoms with Crippen LogP contribution in [0.4, 0.5) is 10.2 Å². The van der Waals surface area contributed by atoms with Gasteiger partial charge in [-0.05, 0) is 31.7 Å². The molecular weight excluding hydrogens is 241 g/mol. The van der Waals surface area contributed by atoms with Crippen molar-refractivity contribution in [1.29, 1.82) is 0 Å². The predicted molar refractivity (Wildman–Crippen MR) is 74.9 cm³/mol. The SMILES string of the molecule is CC(c1ccccc1F)N(C)Cc1ccc(N)nc1. The quantitative estimate of drug-likeness (QED) is 0.917. The summed E-state index contributed by atoms with van der Waals surface area (Å²) in [5.41, 5.74) is 7.31. The Morgan fingerprint density at radius 2 is 2.00 bits per heavy atom.